The Morgan fingerprint density at radius 1 is 1.28 bits per heavy atom. The first kappa shape index (κ1) is 16.9. The molecule has 0 spiro atoms. The highest BCUT2D eigenvalue weighted by Crippen LogP contribution is 2.35. The first-order chi connectivity index (χ1) is 12.2. The van der Waals surface area contributed by atoms with Gasteiger partial charge in [-0.25, -0.2) is 4.79 Å². The van der Waals surface area contributed by atoms with Crippen LogP contribution in [-0.2, 0) is 9.53 Å². The second-order valence-electron chi connectivity index (χ2n) is 5.65. The number of aromatic nitrogens is 4. The maximum atomic E-state index is 12.6. The van der Waals surface area contributed by atoms with Crippen LogP contribution >= 0.6 is 0 Å². The summed E-state index contributed by atoms with van der Waals surface area (Å²) in [5, 5.41) is 14.8. The molecule has 1 aliphatic rings. The molecule has 1 aromatic heterocycles. The molecule has 1 aromatic carbocycles. The summed E-state index contributed by atoms with van der Waals surface area (Å²) < 4.78 is 12.4. The molecule has 132 valence electrons. The van der Waals surface area contributed by atoms with Crippen molar-refractivity contribution in [2.24, 2.45) is 0 Å². The Hall–Kier alpha value is -2.90. The van der Waals surface area contributed by atoms with Crippen LogP contribution < -0.4 is 10.1 Å². The van der Waals surface area contributed by atoms with Gasteiger partial charge >= 0.3 is 5.97 Å². The summed E-state index contributed by atoms with van der Waals surface area (Å²) in [5.74, 6) is 0.892. The number of anilines is 1. The lowest BCUT2D eigenvalue weighted by Crippen LogP contribution is -2.29. The maximum Gasteiger partial charge on any atom is 0.338 e. The second-order valence-corrected chi connectivity index (χ2v) is 5.65. The molecule has 0 amide bonds. The van der Waals surface area contributed by atoms with E-state index in [-0.39, 0.29) is 5.97 Å². The summed E-state index contributed by atoms with van der Waals surface area (Å²) >= 11 is 0. The Labute approximate surface area is 145 Å². The zero-order chi connectivity index (χ0) is 17.8. The van der Waals surface area contributed by atoms with E-state index in [4.69, 9.17) is 9.47 Å². The van der Waals surface area contributed by atoms with Crippen LogP contribution in [0.4, 0.5) is 5.95 Å². The largest absolute Gasteiger partial charge is 0.494 e. The first-order valence-corrected chi connectivity index (χ1v) is 8.31. The van der Waals surface area contributed by atoms with Gasteiger partial charge in [0.25, 0.3) is 0 Å². The second kappa shape index (κ2) is 7.33. The van der Waals surface area contributed by atoms with Crippen molar-refractivity contribution < 1.29 is 14.3 Å². The number of benzene rings is 1. The molecule has 3 rings (SSSR count). The monoisotopic (exact) mass is 343 g/mol. The number of nitrogens with one attached hydrogen (secondary N) is 1. The molecule has 0 fully saturated rings. The zero-order valence-electron chi connectivity index (χ0n) is 14.5. The lowest BCUT2D eigenvalue weighted by molar-refractivity contribution is -0.139. The molecule has 2 heterocycles. The predicted octanol–water partition coefficient (Wildman–Crippen LogP) is 2.31. The molecule has 0 radical (unpaired) electrons. The minimum atomic E-state index is -0.453. The normalized spacial score (nSPS) is 16.2. The topological polar surface area (TPSA) is 91.2 Å². The van der Waals surface area contributed by atoms with E-state index in [1.54, 1.807) is 4.68 Å². The first-order valence-electron chi connectivity index (χ1n) is 8.31. The smallest absolute Gasteiger partial charge is 0.338 e. The van der Waals surface area contributed by atoms with Crippen molar-refractivity contribution >= 4 is 11.9 Å². The standard InChI is InChI=1S/C17H21N5O3/c1-4-10-25-16(23)14-11(3)18-17-19-20-21-22(17)15(14)12-6-8-13(9-7-12)24-5-2/h6-9,15H,4-5,10H2,1-3H3,(H,18,19,21). The van der Waals surface area contributed by atoms with Crippen molar-refractivity contribution in [3.05, 3.63) is 41.1 Å². The van der Waals surface area contributed by atoms with E-state index < -0.39 is 6.04 Å². The Kier molecular flexibility index (Phi) is 4.97. The highest BCUT2D eigenvalue weighted by molar-refractivity contribution is 5.92. The molecule has 1 N–H and O–H groups in total. The van der Waals surface area contributed by atoms with Crippen molar-refractivity contribution in [1.82, 2.24) is 20.2 Å². The highest BCUT2D eigenvalue weighted by atomic mass is 16.5. The number of esters is 1. The summed E-state index contributed by atoms with van der Waals surface area (Å²) in [6, 6.07) is 7.11. The Morgan fingerprint density at radius 2 is 2.04 bits per heavy atom. The number of allylic oxidation sites excluding steroid dienone is 1. The van der Waals surface area contributed by atoms with Crippen LogP contribution in [-0.4, -0.2) is 39.4 Å². The molecule has 1 atom stereocenters. The van der Waals surface area contributed by atoms with Gasteiger partial charge in [0.1, 0.15) is 11.8 Å². The van der Waals surface area contributed by atoms with Gasteiger partial charge in [-0.3, -0.25) is 0 Å². The third-order valence-electron chi connectivity index (χ3n) is 3.88. The zero-order valence-corrected chi connectivity index (χ0v) is 14.5. The number of carbonyl (C=O) groups excluding carboxylic acids is 1. The number of hydrogen-bond donors (Lipinski definition) is 1. The average Bonchev–Trinajstić information content (AvgIpc) is 3.07. The predicted molar refractivity (Wildman–Crippen MR) is 91.1 cm³/mol. The van der Waals surface area contributed by atoms with Gasteiger partial charge in [-0.15, -0.1) is 0 Å². The molecule has 0 saturated carbocycles. The molecule has 8 nitrogen and oxygen atoms in total. The van der Waals surface area contributed by atoms with Crippen LogP contribution in [0.15, 0.2) is 35.5 Å². The number of ether oxygens (including phenoxy) is 2. The third kappa shape index (κ3) is 3.33. The number of nitrogens with zero attached hydrogens (tertiary/aromatic N) is 4. The fourth-order valence-electron chi connectivity index (χ4n) is 2.77. The molecule has 8 heteroatoms. The minimum absolute atomic E-state index is 0.369. The van der Waals surface area contributed by atoms with E-state index in [1.165, 1.54) is 0 Å². The summed E-state index contributed by atoms with van der Waals surface area (Å²) in [6.07, 6.45) is 0.759. The van der Waals surface area contributed by atoms with Gasteiger partial charge in [0.2, 0.25) is 5.95 Å². The van der Waals surface area contributed by atoms with E-state index >= 15 is 0 Å². The summed E-state index contributed by atoms with van der Waals surface area (Å²) in [7, 11) is 0. The molecule has 2 aromatic rings. The van der Waals surface area contributed by atoms with Gasteiger partial charge in [0, 0.05) is 5.70 Å². The number of carbonyl (C=O) groups is 1. The lowest BCUT2D eigenvalue weighted by Gasteiger charge is -2.27. The van der Waals surface area contributed by atoms with Crippen molar-refractivity contribution in [2.45, 2.75) is 33.2 Å². The summed E-state index contributed by atoms with van der Waals surface area (Å²) in [5.41, 5.74) is 2.06. The number of fused-ring (bicyclic) bond motifs is 1. The number of rotatable bonds is 6. The van der Waals surface area contributed by atoms with Gasteiger partial charge in [-0.05, 0) is 48.4 Å². The number of tetrazole rings is 1. The minimum Gasteiger partial charge on any atom is -0.494 e. The Balaban J connectivity index is 2.01. The molecule has 25 heavy (non-hydrogen) atoms. The van der Waals surface area contributed by atoms with Crippen LogP contribution in [0.2, 0.25) is 0 Å². The summed E-state index contributed by atoms with van der Waals surface area (Å²) in [6.45, 7) is 6.67. The fraction of sp³-hybridized carbons (Fsp3) is 0.412. The van der Waals surface area contributed by atoms with Crippen molar-refractivity contribution in [1.29, 1.82) is 0 Å². The van der Waals surface area contributed by atoms with Gasteiger partial charge in [0.05, 0.1) is 18.8 Å². The SMILES string of the molecule is CCCOC(=O)C1=C(C)Nc2nnnn2C1c1ccc(OCC)cc1. The van der Waals surface area contributed by atoms with E-state index in [0.717, 1.165) is 17.7 Å². The van der Waals surface area contributed by atoms with Crippen LogP contribution in [0.1, 0.15) is 38.8 Å². The molecular formula is C17H21N5O3. The van der Waals surface area contributed by atoms with E-state index in [0.29, 0.717) is 30.4 Å². The quantitative estimate of drug-likeness (QED) is 0.805. The summed E-state index contributed by atoms with van der Waals surface area (Å²) in [4.78, 5) is 12.6. The van der Waals surface area contributed by atoms with Gasteiger partial charge < -0.3 is 14.8 Å². The van der Waals surface area contributed by atoms with Crippen molar-refractivity contribution in [2.75, 3.05) is 18.5 Å². The Bertz CT molecular complexity index is 782. The van der Waals surface area contributed by atoms with Gasteiger partial charge in [-0.2, -0.15) is 4.68 Å². The van der Waals surface area contributed by atoms with E-state index in [9.17, 15) is 4.79 Å². The third-order valence-corrected chi connectivity index (χ3v) is 3.88. The molecule has 0 aliphatic carbocycles. The lowest BCUT2D eigenvalue weighted by atomic mass is 9.96. The molecule has 0 saturated heterocycles. The molecule has 0 bridgehead atoms. The van der Waals surface area contributed by atoms with Gasteiger partial charge in [-0.1, -0.05) is 24.2 Å². The number of hydrogen-bond acceptors (Lipinski definition) is 7. The van der Waals surface area contributed by atoms with Crippen LogP contribution in [0.5, 0.6) is 5.75 Å². The van der Waals surface area contributed by atoms with Crippen LogP contribution in [0, 0.1) is 0 Å². The molecule has 1 unspecified atom stereocenters. The maximum absolute atomic E-state index is 12.6. The van der Waals surface area contributed by atoms with Crippen LogP contribution in [0.25, 0.3) is 0 Å². The van der Waals surface area contributed by atoms with Crippen LogP contribution in [0.3, 0.4) is 0 Å². The van der Waals surface area contributed by atoms with E-state index in [1.807, 2.05) is 45.0 Å². The average molecular weight is 343 g/mol. The fourth-order valence-corrected chi connectivity index (χ4v) is 2.77. The van der Waals surface area contributed by atoms with Crippen molar-refractivity contribution in [3.63, 3.8) is 0 Å². The molecule has 1 aliphatic heterocycles. The van der Waals surface area contributed by atoms with Gasteiger partial charge in [0.15, 0.2) is 0 Å². The Morgan fingerprint density at radius 3 is 2.72 bits per heavy atom. The van der Waals surface area contributed by atoms with Crippen molar-refractivity contribution in [3.8, 4) is 5.75 Å². The van der Waals surface area contributed by atoms with E-state index in [2.05, 4.69) is 20.8 Å². The highest BCUT2D eigenvalue weighted by Gasteiger charge is 2.34. The molecular weight excluding hydrogens is 322 g/mol.